The first kappa shape index (κ1) is 14.8. The molecule has 0 saturated carbocycles. The van der Waals surface area contributed by atoms with Gasteiger partial charge in [0.1, 0.15) is 0 Å². The molecule has 0 bridgehead atoms. The van der Waals surface area contributed by atoms with Gasteiger partial charge in [0, 0.05) is 0 Å². The molecule has 19 heavy (non-hydrogen) atoms. The first-order chi connectivity index (χ1) is 8.50. The third-order valence-corrected chi connectivity index (χ3v) is 2.16. The largest absolute Gasteiger partial charge is 0.418 e. The second-order valence-electron chi connectivity index (χ2n) is 3.38. The highest BCUT2D eigenvalue weighted by atomic mass is 19.4. The van der Waals surface area contributed by atoms with Crippen molar-refractivity contribution in [2.24, 2.45) is 5.73 Å². The molecule has 0 atom stereocenters. The number of benzene rings is 1. The fourth-order valence-electron chi connectivity index (χ4n) is 1.49. The van der Waals surface area contributed by atoms with Gasteiger partial charge in [0.15, 0.2) is 0 Å². The number of alkyl halides is 6. The second kappa shape index (κ2) is 4.46. The zero-order valence-electron chi connectivity index (χ0n) is 8.86. The number of hydrogen-bond donors (Lipinski definition) is 1. The minimum Gasteiger partial charge on any atom is -0.366 e. The molecular weight excluding hydrogens is 278 g/mol. The molecular formula is C10H4F6N2O. The SMILES string of the molecule is N#Cc1ccc(C(N)=O)c(C(F)(F)F)c1C(F)(F)F. The first-order valence-electron chi connectivity index (χ1n) is 4.51. The van der Waals surface area contributed by atoms with Gasteiger partial charge in [0.2, 0.25) is 5.91 Å². The van der Waals surface area contributed by atoms with Crippen molar-refractivity contribution in [2.45, 2.75) is 12.4 Å². The Morgan fingerprint density at radius 2 is 1.53 bits per heavy atom. The van der Waals surface area contributed by atoms with Crippen LogP contribution in [0.25, 0.3) is 0 Å². The standard InChI is InChI=1S/C10H4F6N2O/c11-9(12,13)6-4(3-17)1-2-5(8(18)19)7(6)10(14,15)16/h1-2H,(H2,18,19). The van der Waals surface area contributed by atoms with Crippen LogP contribution in [0.1, 0.15) is 27.0 Å². The number of nitrogens with zero attached hydrogens (tertiary/aromatic N) is 1. The predicted molar refractivity (Wildman–Crippen MR) is 49.7 cm³/mol. The molecule has 0 radical (unpaired) electrons. The first-order valence-corrected chi connectivity index (χ1v) is 4.51. The van der Waals surface area contributed by atoms with Gasteiger partial charge < -0.3 is 5.73 Å². The third kappa shape index (κ3) is 2.78. The van der Waals surface area contributed by atoms with Crippen LogP contribution in [-0.2, 0) is 12.4 Å². The Morgan fingerprint density at radius 1 is 1.05 bits per heavy atom. The van der Waals surface area contributed by atoms with E-state index >= 15 is 0 Å². The van der Waals surface area contributed by atoms with Crippen LogP contribution in [0.5, 0.6) is 0 Å². The quantitative estimate of drug-likeness (QED) is 0.805. The van der Waals surface area contributed by atoms with E-state index in [0.717, 1.165) is 6.07 Å². The minimum atomic E-state index is -5.47. The van der Waals surface area contributed by atoms with Crippen LogP contribution >= 0.6 is 0 Å². The summed E-state index contributed by atoms with van der Waals surface area (Å²) in [5, 5.41) is 8.47. The summed E-state index contributed by atoms with van der Waals surface area (Å²) in [6, 6.07) is 1.92. The van der Waals surface area contributed by atoms with Gasteiger partial charge >= 0.3 is 12.4 Å². The Morgan fingerprint density at radius 3 is 1.84 bits per heavy atom. The molecule has 0 aliphatic carbocycles. The molecule has 0 fully saturated rings. The van der Waals surface area contributed by atoms with E-state index in [4.69, 9.17) is 5.26 Å². The van der Waals surface area contributed by atoms with E-state index < -0.39 is 40.5 Å². The molecule has 2 N–H and O–H groups in total. The van der Waals surface area contributed by atoms with Crippen molar-refractivity contribution in [1.29, 1.82) is 5.26 Å². The summed E-state index contributed by atoms with van der Waals surface area (Å²) >= 11 is 0. The highest BCUT2D eigenvalue weighted by molar-refractivity contribution is 5.95. The summed E-state index contributed by atoms with van der Waals surface area (Å²) in [4.78, 5) is 10.8. The molecule has 0 heterocycles. The number of amides is 1. The van der Waals surface area contributed by atoms with Crippen molar-refractivity contribution in [3.05, 3.63) is 34.4 Å². The van der Waals surface area contributed by atoms with Crippen molar-refractivity contribution in [3.63, 3.8) is 0 Å². The summed E-state index contributed by atoms with van der Waals surface area (Å²) in [5.74, 6) is -1.66. The Kier molecular flexibility index (Phi) is 3.48. The van der Waals surface area contributed by atoms with Gasteiger partial charge in [-0.05, 0) is 12.1 Å². The van der Waals surface area contributed by atoms with Crippen molar-refractivity contribution >= 4 is 5.91 Å². The van der Waals surface area contributed by atoms with Gasteiger partial charge in [0.25, 0.3) is 0 Å². The highest BCUT2D eigenvalue weighted by Crippen LogP contribution is 2.43. The predicted octanol–water partition coefficient (Wildman–Crippen LogP) is 2.69. The molecule has 9 heteroatoms. The number of carbonyl (C=O) groups excluding carboxylic acids is 1. The fourth-order valence-corrected chi connectivity index (χ4v) is 1.49. The second-order valence-corrected chi connectivity index (χ2v) is 3.38. The van der Waals surface area contributed by atoms with Crippen LogP contribution in [0.3, 0.4) is 0 Å². The average molecular weight is 282 g/mol. The number of carbonyl (C=O) groups is 1. The Labute approximate surface area is 102 Å². The summed E-state index contributed by atoms with van der Waals surface area (Å²) in [6.07, 6.45) is -10.9. The van der Waals surface area contributed by atoms with E-state index in [-0.39, 0.29) is 0 Å². The van der Waals surface area contributed by atoms with Crippen molar-refractivity contribution in [3.8, 4) is 6.07 Å². The van der Waals surface area contributed by atoms with E-state index in [1.165, 1.54) is 0 Å². The highest BCUT2D eigenvalue weighted by Gasteiger charge is 2.47. The van der Waals surface area contributed by atoms with Crippen LogP contribution in [-0.4, -0.2) is 5.91 Å². The van der Waals surface area contributed by atoms with Gasteiger partial charge in [-0.25, -0.2) is 0 Å². The summed E-state index contributed by atoms with van der Waals surface area (Å²) in [6.45, 7) is 0. The van der Waals surface area contributed by atoms with E-state index in [9.17, 15) is 31.1 Å². The van der Waals surface area contributed by atoms with E-state index in [0.29, 0.717) is 12.1 Å². The van der Waals surface area contributed by atoms with Crippen LogP contribution < -0.4 is 5.73 Å². The molecule has 0 spiro atoms. The van der Waals surface area contributed by atoms with E-state index in [1.807, 2.05) is 0 Å². The van der Waals surface area contributed by atoms with Gasteiger partial charge in [0.05, 0.1) is 28.3 Å². The number of primary amides is 1. The number of nitriles is 1. The normalized spacial score (nSPS) is 12.1. The topological polar surface area (TPSA) is 66.9 Å². The zero-order chi connectivity index (χ0) is 15.0. The number of nitrogens with two attached hydrogens (primary N) is 1. The molecule has 1 rings (SSSR count). The van der Waals surface area contributed by atoms with E-state index in [2.05, 4.69) is 5.73 Å². The molecule has 0 unspecified atom stereocenters. The molecule has 0 saturated heterocycles. The summed E-state index contributed by atoms with van der Waals surface area (Å²) in [5.41, 5.74) is -2.39. The number of hydrogen-bond acceptors (Lipinski definition) is 2. The van der Waals surface area contributed by atoms with Gasteiger partial charge in [-0.2, -0.15) is 31.6 Å². The lowest BCUT2D eigenvalue weighted by atomic mass is 9.95. The minimum absolute atomic E-state index is 0.443. The molecule has 0 aliphatic heterocycles. The monoisotopic (exact) mass is 282 g/mol. The number of halogens is 6. The maximum Gasteiger partial charge on any atom is 0.418 e. The van der Waals surface area contributed by atoms with Crippen LogP contribution in [0.4, 0.5) is 26.3 Å². The van der Waals surface area contributed by atoms with Crippen LogP contribution in [0, 0.1) is 11.3 Å². The smallest absolute Gasteiger partial charge is 0.366 e. The average Bonchev–Trinajstić information content (AvgIpc) is 2.24. The van der Waals surface area contributed by atoms with Crippen molar-refractivity contribution in [2.75, 3.05) is 0 Å². The van der Waals surface area contributed by atoms with Crippen molar-refractivity contribution in [1.82, 2.24) is 0 Å². The Bertz CT molecular complexity index is 567. The third-order valence-electron chi connectivity index (χ3n) is 2.16. The Hall–Kier alpha value is -2.24. The molecule has 0 aromatic heterocycles. The molecule has 1 aromatic rings. The van der Waals surface area contributed by atoms with Crippen LogP contribution in [0.2, 0.25) is 0 Å². The maximum atomic E-state index is 12.7. The lowest BCUT2D eigenvalue weighted by Gasteiger charge is -2.18. The molecule has 3 nitrogen and oxygen atoms in total. The Balaban J connectivity index is 3.90. The van der Waals surface area contributed by atoms with Gasteiger partial charge in [-0.1, -0.05) is 0 Å². The summed E-state index contributed by atoms with van der Waals surface area (Å²) < 4.78 is 76.1. The number of rotatable bonds is 1. The lowest BCUT2D eigenvalue weighted by Crippen LogP contribution is -2.25. The van der Waals surface area contributed by atoms with E-state index in [1.54, 1.807) is 0 Å². The van der Waals surface area contributed by atoms with Gasteiger partial charge in [-0.15, -0.1) is 0 Å². The van der Waals surface area contributed by atoms with Crippen molar-refractivity contribution < 1.29 is 31.1 Å². The molecule has 1 amide bonds. The molecule has 102 valence electrons. The van der Waals surface area contributed by atoms with Gasteiger partial charge in [-0.3, -0.25) is 4.79 Å². The summed E-state index contributed by atoms with van der Waals surface area (Å²) in [7, 11) is 0. The zero-order valence-corrected chi connectivity index (χ0v) is 8.86. The van der Waals surface area contributed by atoms with Crippen LogP contribution in [0.15, 0.2) is 12.1 Å². The lowest BCUT2D eigenvalue weighted by molar-refractivity contribution is -0.162. The molecule has 1 aromatic carbocycles. The fraction of sp³-hybridized carbons (Fsp3) is 0.200. The molecule has 0 aliphatic rings. The maximum absolute atomic E-state index is 12.7.